The van der Waals surface area contributed by atoms with Crippen LogP contribution >= 0.6 is 11.3 Å². The van der Waals surface area contributed by atoms with Crippen molar-refractivity contribution < 1.29 is 4.79 Å². The van der Waals surface area contributed by atoms with Gasteiger partial charge in [0.05, 0.1) is 0 Å². The average molecular weight is 316 g/mol. The summed E-state index contributed by atoms with van der Waals surface area (Å²) < 4.78 is 0. The fourth-order valence-electron chi connectivity index (χ4n) is 2.77. The SMILES string of the molecule is Cc1cccc(NC(=O)NCC2CCCN2c2nccs2)c1. The van der Waals surface area contributed by atoms with Crippen LogP contribution in [0.2, 0.25) is 0 Å². The molecule has 1 atom stereocenters. The van der Waals surface area contributed by atoms with Crippen LogP contribution in [-0.4, -0.2) is 30.1 Å². The molecule has 5 nitrogen and oxygen atoms in total. The number of nitrogens with one attached hydrogen (secondary N) is 2. The summed E-state index contributed by atoms with van der Waals surface area (Å²) in [7, 11) is 0. The van der Waals surface area contributed by atoms with E-state index >= 15 is 0 Å². The molecule has 1 aliphatic rings. The number of carbonyl (C=O) groups excluding carboxylic acids is 1. The van der Waals surface area contributed by atoms with E-state index in [1.165, 1.54) is 0 Å². The Morgan fingerprint density at radius 2 is 2.41 bits per heavy atom. The Hall–Kier alpha value is -2.08. The summed E-state index contributed by atoms with van der Waals surface area (Å²) in [6.45, 7) is 3.66. The first-order valence-electron chi connectivity index (χ1n) is 7.50. The Morgan fingerprint density at radius 3 is 3.18 bits per heavy atom. The second-order valence-corrected chi connectivity index (χ2v) is 6.38. The summed E-state index contributed by atoms with van der Waals surface area (Å²) in [6.07, 6.45) is 4.06. The number of rotatable bonds is 4. The van der Waals surface area contributed by atoms with Crippen LogP contribution in [0.5, 0.6) is 0 Å². The van der Waals surface area contributed by atoms with Gasteiger partial charge in [-0.05, 0) is 37.5 Å². The number of anilines is 2. The maximum Gasteiger partial charge on any atom is 0.319 e. The standard InChI is InChI=1S/C16H20N4OS/c1-12-4-2-5-13(10-12)19-15(21)18-11-14-6-3-8-20(14)16-17-7-9-22-16/h2,4-5,7,9-10,14H,3,6,8,11H2,1H3,(H2,18,19,21). The van der Waals surface area contributed by atoms with Gasteiger partial charge >= 0.3 is 6.03 Å². The smallest absolute Gasteiger partial charge is 0.319 e. The minimum atomic E-state index is -0.156. The number of hydrogen-bond donors (Lipinski definition) is 2. The second-order valence-electron chi connectivity index (χ2n) is 5.51. The van der Waals surface area contributed by atoms with Crippen molar-refractivity contribution in [3.05, 3.63) is 41.4 Å². The van der Waals surface area contributed by atoms with Crippen LogP contribution in [0.4, 0.5) is 15.6 Å². The topological polar surface area (TPSA) is 57.3 Å². The Labute approximate surface area is 134 Å². The first-order chi connectivity index (χ1) is 10.7. The maximum absolute atomic E-state index is 12.0. The molecule has 0 bridgehead atoms. The minimum absolute atomic E-state index is 0.156. The lowest BCUT2D eigenvalue weighted by molar-refractivity contribution is 0.251. The Bertz CT molecular complexity index is 629. The van der Waals surface area contributed by atoms with Crippen molar-refractivity contribution in [1.29, 1.82) is 0 Å². The van der Waals surface area contributed by atoms with E-state index in [0.29, 0.717) is 12.6 Å². The number of carbonyl (C=O) groups is 1. The fourth-order valence-corrected chi connectivity index (χ4v) is 3.51. The van der Waals surface area contributed by atoms with Crippen LogP contribution in [0.1, 0.15) is 18.4 Å². The molecule has 0 aliphatic carbocycles. The Morgan fingerprint density at radius 1 is 1.50 bits per heavy atom. The zero-order chi connectivity index (χ0) is 15.4. The maximum atomic E-state index is 12.0. The van der Waals surface area contributed by atoms with Gasteiger partial charge in [0.1, 0.15) is 0 Å². The lowest BCUT2D eigenvalue weighted by atomic mass is 10.2. The summed E-state index contributed by atoms with van der Waals surface area (Å²) in [6, 6.07) is 7.96. The molecule has 0 spiro atoms. The molecule has 1 aromatic carbocycles. The number of benzene rings is 1. The Kier molecular flexibility index (Phi) is 4.58. The lowest BCUT2D eigenvalue weighted by Gasteiger charge is -2.24. The Balaban J connectivity index is 1.52. The lowest BCUT2D eigenvalue weighted by Crippen LogP contribution is -2.41. The zero-order valence-electron chi connectivity index (χ0n) is 12.6. The molecule has 1 fully saturated rings. The third kappa shape index (κ3) is 3.57. The summed E-state index contributed by atoms with van der Waals surface area (Å²) in [5.41, 5.74) is 1.95. The molecule has 0 radical (unpaired) electrons. The molecule has 116 valence electrons. The molecule has 2 heterocycles. The first kappa shape index (κ1) is 14.8. The third-order valence-corrected chi connectivity index (χ3v) is 4.62. The van der Waals surface area contributed by atoms with E-state index in [1.807, 2.05) is 42.8 Å². The summed E-state index contributed by atoms with van der Waals surface area (Å²) >= 11 is 1.65. The van der Waals surface area contributed by atoms with E-state index in [1.54, 1.807) is 11.3 Å². The molecule has 1 aromatic heterocycles. The van der Waals surface area contributed by atoms with Gasteiger partial charge in [-0.2, -0.15) is 0 Å². The molecule has 1 aliphatic heterocycles. The molecule has 22 heavy (non-hydrogen) atoms. The normalized spacial score (nSPS) is 17.5. The monoisotopic (exact) mass is 316 g/mol. The van der Waals surface area contributed by atoms with Gasteiger partial charge < -0.3 is 15.5 Å². The number of urea groups is 1. The van der Waals surface area contributed by atoms with Crippen LogP contribution in [-0.2, 0) is 0 Å². The highest BCUT2D eigenvalue weighted by Crippen LogP contribution is 2.26. The highest BCUT2D eigenvalue weighted by molar-refractivity contribution is 7.13. The first-order valence-corrected chi connectivity index (χ1v) is 8.38. The molecule has 1 saturated heterocycles. The van der Waals surface area contributed by atoms with E-state index in [4.69, 9.17) is 0 Å². The predicted octanol–water partition coefficient (Wildman–Crippen LogP) is 3.24. The van der Waals surface area contributed by atoms with E-state index in [-0.39, 0.29) is 6.03 Å². The van der Waals surface area contributed by atoms with Gasteiger partial charge in [0.2, 0.25) is 0 Å². The van der Waals surface area contributed by atoms with Crippen LogP contribution in [0, 0.1) is 6.92 Å². The summed E-state index contributed by atoms with van der Waals surface area (Å²) in [5.74, 6) is 0. The molecule has 2 amide bonds. The molecule has 3 rings (SSSR count). The van der Waals surface area contributed by atoms with Gasteiger partial charge in [-0.25, -0.2) is 9.78 Å². The average Bonchev–Trinajstić information content (AvgIpc) is 3.16. The number of thiazole rings is 1. The van der Waals surface area contributed by atoms with Gasteiger partial charge in [0.15, 0.2) is 5.13 Å². The third-order valence-electron chi connectivity index (χ3n) is 3.82. The van der Waals surface area contributed by atoms with Crippen molar-refractivity contribution in [2.45, 2.75) is 25.8 Å². The fraction of sp³-hybridized carbons (Fsp3) is 0.375. The molecule has 2 aromatic rings. The number of aryl methyl sites for hydroxylation is 1. The van der Waals surface area contributed by atoms with Crippen LogP contribution in [0.15, 0.2) is 35.8 Å². The van der Waals surface area contributed by atoms with Crippen molar-refractivity contribution in [2.24, 2.45) is 0 Å². The molecule has 6 heteroatoms. The minimum Gasteiger partial charge on any atom is -0.343 e. The van der Waals surface area contributed by atoms with Gasteiger partial charge in [0, 0.05) is 36.4 Å². The quantitative estimate of drug-likeness (QED) is 0.910. The number of amides is 2. The predicted molar refractivity (Wildman–Crippen MR) is 90.7 cm³/mol. The number of aromatic nitrogens is 1. The molecule has 2 N–H and O–H groups in total. The number of hydrogen-bond acceptors (Lipinski definition) is 4. The molecular weight excluding hydrogens is 296 g/mol. The molecule has 0 saturated carbocycles. The molecular formula is C16H20N4OS. The van der Waals surface area contributed by atoms with Gasteiger partial charge in [-0.3, -0.25) is 0 Å². The second kappa shape index (κ2) is 6.79. The van der Waals surface area contributed by atoms with Crippen molar-refractivity contribution in [3.63, 3.8) is 0 Å². The highest BCUT2D eigenvalue weighted by Gasteiger charge is 2.26. The summed E-state index contributed by atoms with van der Waals surface area (Å²) in [5, 5.41) is 8.88. The van der Waals surface area contributed by atoms with Crippen molar-refractivity contribution in [1.82, 2.24) is 10.3 Å². The largest absolute Gasteiger partial charge is 0.343 e. The van der Waals surface area contributed by atoms with Crippen molar-refractivity contribution in [2.75, 3.05) is 23.3 Å². The van der Waals surface area contributed by atoms with Gasteiger partial charge in [-0.1, -0.05) is 12.1 Å². The van der Waals surface area contributed by atoms with E-state index in [9.17, 15) is 4.79 Å². The van der Waals surface area contributed by atoms with E-state index < -0.39 is 0 Å². The number of nitrogens with zero attached hydrogens (tertiary/aromatic N) is 2. The zero-order valence-corrected chi connectivity index (χ0v) is 13.4. The van der Waals surface area contributed by atoms with Crippen molar-refractivity contribution >= 4 is 28.2 Å². The van der Waals surface area contributed by atoms with Gasteiger partial charge in [0.25, 0.3) is 0 Å². The van der Waals surface area contributed by atoms with Crippen LogP contribution in [0.25, 0.3) is 0 Å². The molecule has 1 unspecified atom stereocenters. The van der Waals surface area contributed by atoms with Crippen molar-refractivity contribution in [3.8, 4) is 0 Å². The highest BCUT2D eigenvalue weighted by atomic mass is 32.1. The van der Waals surface area contributed by atoms with E-state index in [2.05, 4.69) is 20.5 Å². The van der Waals surface area contributed by atoms with Crippen LogP contribution in [0.3, 0.4) is 0 Å². The van der Waals surface area contributed by atoms with E-state index in [0.717, 1.165) is 35.8 Å². The van der Waals surface area contributed by atoms with Gasteiger partial charge in [-0.15, -0.1) is 11.3 Å². The summed E-state index contributed by atoms with van der Waals surface area (Å²) in [4.78, 5) is 18.7. The van der Waals surface area contributed by atoms with Crippen LogP contribution < -0.4 is 15.5 Å².